The van der Waals surface area contributed by atoms with Gasteiger partial charge in [-0.2, -0.15) is 5.10 Å². The molecule has 1 amide bonds. The van der Waals surface area contributed by atoms with Crippen molar-refractivity contribution in [3.63, 3.8) is 0 Å². The van der Waals surface area contributed by atoms with Gasteiger partial charge in [-0.1, -0.05) is 12.8 Å². The molecule has 156 valence electrons. The van der Waals surface area contributed by atoms with Gasteiger partial charge in [0.05, 0.1) is 5.69 Å². The zero-order valence-electron chi connectivity index (χ0n) is 17.9. The van der Waals surface area contributed by atoms with Gasteiger partial charge < -0.3 is 15.5 Å². The first-order valence-electron chi connectivity index (χ1n) is 10.8. The van der Waals surface area contributed by atoms with Crippen molar-refractivity contribution >= 4 is 11.9 Å². The number of rotatable bonds is 6. The molecule has 0 radical (unpaired) electrons. The first-order valence-corrected chi connectivity index (χ1v) is 10.8. The van der Waals surface area contributed by atoms with Crippen molar-refractivity contribution in [2.75, 3.05) is 26.2 Å². The quantitative estimate of drug-likeness (QED) is 0.577. The molecule has 1 aromatic heterocycles. The molecule has 0 bridgehead atoms. The van der Waals surface area contributed by atoms with E-state index in [9.17, 15) is 4.79 Å². The highest BCUT2D eigenvalue weighted by Gasteiger charge is 2.32. The lowest BCUT2D eigenvalue weighted by Gasteiger charge is -2.21. The molecule has 3 rings (SSSR count). The molecule has 1 atom stereocenters. The minimum atomic E-state index is 0.270. The summed E-state index contributed by atoms with van der Waals surface area (Å²) in [5.41, 5.74) is 3.59. The maximum absolute atomic E-state index is 12.6. The minimum Gasteiger partial charge on any atom is -0.357 e. The molecule has 1 aliphatic heterocycles. The van der Waals surface area contributed by atoms with E-state index in [0.717, 1.165) is 63.5 Å². The van der Waals surface area contributed by atoms with Crippen LogP contribution in [0.5, 0.6) is 0 Å². The molecule has 1 aliphatic carbocycles. The van der Waals surface area contributed by atoms with Crippen molar-refractivity contribution in [2.45, 2.75) is 65.3 Å². The fraction of sp³-hybridized carbons (Fsp3) is 0.762. The zero-order valence-corrected chi connectivity index (χ0v) is 17.9. The molecule has 1 saturated heterocycles. The highest BCUT2D eigenvalue weighted by molar-refractivity contribution is 5.81. The van der Waals surface area contributed by atoms with Crippen LogP contribution in [-0.2, 0) is 18.3 Å². The Bertz CT molecular complexity index is 704. The Hall–Kier alpha value is -2.05. The lowest BCUT2D eigenvalue weighted by molar-refractivity contribution is -0.134. The van der Waals surface area contributed by atoms with Crippen molar-refractivity contribution in [1.29, 1.82) is 0 Å². The van der Waals surface area contributed by atoms with E-state index >= 15 is 0 Å². The standard InChI is InChI=1S/C21H36N6O/c1-5-22-21(23-12-10-19-15(2)25-26(4)16(19)3)24-18-11-13-27(14-18)20(28)17-8-6-7-9-17/h17-18H,5-14H2,1-4H3,(H2,22,23,24). The molecule has 0 spiro atoms. The average Bonchev–Trinajstić information content (AvgIpc) is 3.40. The van der Waals surface area contributed by atoms with Gasteiger partial charge in [-0.25, -0.2) is 0 Å². The van der Waals surface area contributed by atoms with E-state index in [0.29, 0.717) is 5.91 Å². The highest BCUT2D eigenvalue weighted by Crippen LogP contribution is 2.27. The summed E-state index contributed by atoms with van der Waals surface area (Å²) in [5.74, 6) is 1.49. The number of hydrogen-bond donors (Lipinski definition) is 2. The number of carbonyl (C=O) groups is 1. The fourth-order valence-corrected chi connectivity index (χ4v) is 4.48. The van der Waals surface area contributed by atoms with E-state index in [-0.39, 0.29) is 12.0 Å². The number of hydrogen-bond acceptors (Lipinski definition) is 3. The van der Waals surface area contributed by atoms with Crippen molar-refractivity contribution in [3.8, 4) is 0 Å². The second-order valence-electron chi connectivity index (χ2n) is 8.18. The molecule has 28 heavy (non-hydrogen) atoms. The number of guanidine groups is 1. The molecule has 1 unspecified atom stereocenters. The number of amides is 1. The molecule has 0 aromatic carbocycles. The summed E-state index contributed by atoms with van der Waals surface area (Å²) in [7, 11) is 1.99. The molecular formula is C21H36N6O. The molecule has 1 saturated carbocycles. The maximum atomic E-state index is 12.6. The summed E-state index contributed by atoms with van der Waals surface area (Å²) in [6.45, 7) is 9.45. The number of carbonyl (C=O) groups excluding carboxylic acids is 1. The van der Waals surface area contributed by atoms with E-state index in [2.05, 4.69) is 41.4 Å². The Morgan fingerprint density at radius 3 is 2.64 bits per heavy atom. The van der Waals surface area contributed by atoms with Gasteiger partial charge in [-0.15, -0.1) is 0 Å². The van der Waals surface area contributed by atoms with E-state index < -0.39 is 0 Å². The van der Waals surface area contributed by atoms with Gasteiger partial charge in [0.25, 0.3) is 0 Å². The molecule has 2 aliphatic rings. The van der Waals surface area contributed by atoms with Crippen LogP contribution in [0, 0.1) is 19.8 Å². The van der Waals surface area contributed by atoms with Crippen molar-refractivity contribution in [3.05, 3.63) is 17.0 Å². The molecule has 2 heterocycles. The second-order valence-corrected chi connectivity index (χ2v) is 8.18. The van der Waals surface area contributed by atoms with Crippen molar-refractivity contribution in [2.24, 2.45) is 18.0 Å². The third kappa shape index (κ3) is 4.86. The topological polar surface area (TPSA) is 74.6 Å². The predicted octanol–water partition coefficient (Wildman–Crippen LogP) is 1.93. The van der Waals surface area contributed by atoms with Crippen LogP contribution in [0.15, 0.2) is 4.99 Å². The molecule has 7 heteroatoms. The number of aryl methyl sites for hydroxylation is 2. The molecule has 1 aromatic rings. The van der Waals surface area contributed by atoms with Crippen LogP contribution in [-0.4, -0.2) is 58.8 Å². The smallest absolute Gasteiger partial charge is 0.225 e. The third-order valence-corrected chi connectivity index (χ3v) is 6.18. The second kappa shape index (κ2) is 9.43. The Balaban J connectivity index is 1.52. The molecular weight excluding hydrogens is 352 g/mol. The Labute approximate surface area is 169 Å². The first-order chi connectivity index (χ1) is 13.5. The molecule has 7 nitrogen and oxygen atoms in total. The SMILES string of the molecule is CCNC(=NCCc1c(C)nn(C)c1C)NC1CCN(C(=O)C2CCCC2)C1. The predicted molar refractivity (Wildman–Crippen MR) is 112 cm³/mol. The normalized spacial score (nSPS) is 20.8. The van der Waals surface area contributed by atoms with Gasteiger partial charge in [-0.05, 0) is 52.0 Å². The summed E-state index contributed by atoms with van der Waals surface area (Å²) in [6.07, 6.45) is 6.44. The summed E-state index contributed by atoms with van der Waals surface area (Å²) >= 11 is 0. The van der Waals surface area contributed by atoms with Gasteiger partial charge in [0.15, 0.2) is 5.96 Å². The maximum Gasteiger partial charge on any atom is 0.225 e. The minimum absolute atomic E-state index is 0.270. The molecule has 2 N–H and O–H groups in total. The fourth-order valence-electron chi connectivity index (χ4n) is 4.48. The van der Waals surface area contributed by atoms with Crippen LogP contribution in [0.3, 0.4) is 0 Å². The van der Waals surface area contributed by atoms with Gasteiger partial charge in [0, 0.05) is 50.9 Å². The summed E-state index contributed by atoms with van der Waals surface area (Å²) in [4.78, 5) is 19.5. The third-order valence-electron chi connectivity index (χ3n) is 6.18. The number of aliphatic imine (C=N–C) groups is 1. The summed E-state index contributed by atoms with van der Waals surface area (Å²) < 4.78 is 1.94. The van der Waals surface area contributed by atoms with E-state index in [1.54, 1.807) is 0 Å². The highest BCUT2D eigenvalue weighted by atomic mass is 16.2. The van der Waals surface area contributed by atoms with Crippen LogP contribution in [0.25, 0.3) is 0 Å². The largest absolute Gasteiger partial charge is 0.357 e. The lowest BCUT2D eigenvalue weighted by Crippen LogP contribution is -2.45. The Morgan fingerprint density at radius 1 is 1.25 bits per heavy atom. The number of likely N-dealkylation sites (tertiary alicyclic amines) is 1. The van der Waals surface area contributed by atoms with Crippen LogP contribution >= 0.6 is 0 Å². The Kier molecular flexibility index (Phi) is 6.97. The summed E-state index contributed by atoms with van der Waals surface area (Å²) in [5, 5.41) is 11.4. The Morgan fingerprint density at radius 2 is 2.00 bits per heavy atom. The lowest BCUT2D eigenvalue weighted by atomic mass is 10.1. The van der Waals surface area contributed by atoms with Crippen LogP contribution in [0.4, 0.5) is 0 Å². The van der Waals surface area contributed by atoms with E-state index in [4.69, 9.17) is 4.99 Å². The monoisotopic (exact) mass is 388 g/mol. The van der Waals surface area contributed by atoms with Gasteiger partial charge in [0.2, 0.25) is 5.91 Å². The van der Waals surface area contributed by atoms with Crippen LogP contribution in [0.1, 0.15) is 56.0 Å². The number of nitrogens with one attached hydrogen (secondary N) is 2. The van der Waals surface area contributed by atoms with Crippen molar-refractivity contribution in [1.82, 2.24) is 25.3 Å². The molecule has 2 fully saturated rings. The van der Waals surface area contributed by atoms with Crippen LogP contribution in [0.2, 0.25) is 0 Å². The van der Waals surface area contributed by atoms with E-state index in [1.807, 2.05) is 11.7 Å². The van der Waals surface area contributed by atoms with Crippen LogP contribution < -0.4 is 10.6 Å². The van der Waals surface area contributed by atoms with E-state index in [1.165, 1.54) is 24.1 Å². The first kappa shape index (κ1) is 20.7. The number of aromatic nitrogens is 2. The van der Waals surface area contributed by atoms with Gasteiger partial charge in [0.1, 0.15) is 0 Å². The average molecular weight is 389 g/mol. The summed E-state index contributed by atoms with van der Waals surface area (Å²) in [6, 6.07) is 0.282. The number of nitrogens with zero attached hydrogens (tertiary/aromatic N) is 4. The van der Waals surface area contributed by atoms with Gasteiger partial charge >= 0.3 is 0 Å². The van der Waals surface area contributed by atoms with Crippen molar-refractivity contribution < 1.29 is 4.79 Å². The van der Waals surface area contributed by atoms with Gasteiger partial charge in [-0.3, -0.25) is 14.5 Å². The zero-order chi connectivity index (χ0) is 20.1.